The standard InChI is InChI=1S/C8H19NO/c1-5-7(4)8(10)9-6(2)3/h6-10H,5H2,1-4H3. The Hall–Kier alpha value is -0.0800. The fourth-order valence-corrected chi connectivity index (χ4v) is 0.729. The van der Waals surface area contributed by atoms with Gasteiger partial charge in [0.15, 0.2) is 0 Å². The molecule has 2 heteroatoms. The van der Waals surface area contributed by atoms with Gasteiger partial charge in [-0.15, -0.1) is 0 Å². The van der Waals surface area contributed by atoms with Gasteiger partial charge in [0.25, 0.3) is 0 Å². The van der Waals surface area contributed by atoms with E-state index < -0.39 is 0 Å². The third-order valence-corrected chi connectivity index (χ3v) is 1.69. The van der Waals surface area contributed by atoms with Gasteiger partial charge in [-0.2, -0.15) is 0 Å². The van der Waals surface area contributed by atoms with Crippen LogP contribution in [0.25, 0.3) is 0 Å². The van der Waals surface area contributed by atoms with Gasteiger partial charge in [0.1, 0.15) is 6.23 Å². The van der Waals surface area contributed by atoms with Gasteiger partial charge >= 0.3 is 0 Å². The molecule has 0 aliphatic heterocycles. The topological polar surface area (TPSA) is 32.3 Å². The Morgan fingerprint density at radius 2 is 1.80 bits per heavy atom. The second-order valence-corrected chi connectivity index (χ2v) is 3.15. The van der Waals surface area contributed by atoms with Crippen molar-refractivity contribution in [3.05, 3.63) is 0 Å². The van der Waals surface area contributed by atoms with E-state index in [1.165, 1.54) is 0 Å². The predicted molar refractivity (Wildman–Crippen MR) is 43.7 cm³/mol. The van der Waals surface area contributed by atoms with Crippen LogP contribution in [0.1, 0.15) is 34.1 Å². The van der Waals surface area contributed by atoms with Crippen molar-refractivity contribution in [3.63, 3.8) is 0 Å². The van der Waals surface area contributed by atoms with Gasteiger partial charge in [0.05, 0.1) is 0 Å². The summed E-state index contributed by atoms with van der Waals surface area (Å²) in [6, 6.07) is 0.365. The molecule has 0 heterocycles. The number of hydrogen-bond donors (Lipinski definition) is 2. The lowest BCUT2D eigenvalue weighted by molar-refractivity contribution is 0.0727. The minimum absolute atomic E-state index is 0.343. The number of rotatable bonds is 4. The van der Waals surface area contributed by atoms with E-state index in [1.807, 2.05) is 20.8 Å². The van der Waals surface area contributed by atoms with Crippen LogP contribution in [0.4, 0.5) is 0 Å². The number of hydrogen-bond acceptors (Lipinski definition) is 2. The Morgan fingerprint density at radius 1 is 1.30 bits per heavy atom. The maximum absolute atomic E-state index is 9.38. The molecule has 0 aromatic rings. The highest BCUT2D eigenvalue weighted by molar-refractivity contribution is 4.62. The van der Waals surface area contributed by atoms with Crippen LogP contribution in [-0.2, 0) is 0 Å². The molecule has 10 heavy (non-hydrogen) atoms. The van der Waals surface area contributed by atoms with Crippen molar-refractivity contribution < 1.29 is 5.11 Å². The summed E-state index contributed by atoms with van der Waals surface area (Å²) in [5.41, 5.74) is 0. The highest BCUT2D eigenvalue weighted by Gasteiger charge is 2.11. The third-order valence-electron chi connectivity index (χ3n) is 1.69. The van der Waals surface area contributed by atoms with Crippen molar-refractivity contribution in [2.24, 2.45) is 5.92 Å². The summed E-state index contributed by atoms with van der Waals surface area (Å²) in [5, 5.41) is 12.4. The zero-order chi connectivity index (χ0) is 8.15. The maximum Gasteiger partial charge on any atom is 0.107 e. The molecular weight excluding hydrogens is 126 g/mol. The highest BCUT2D eigenvalue weighted by Crippen LogP contribution is 2.04. The molecule has 0 aromatic carbocycles. The molecular formula is C8H19NO. The lowest BCUT2D eigenvalue weighted by Crippen LogP contribution is -2.38. The smallest absolute Gasteiger partial charge is 0.107 e. The van der Waals surface area contributed by atoms with E-state index in [2.05, 4.69) is 12.2 Å². The van der Waals surface area contributed by atoms with Crippen molar-refractivity contribution in [2.45, 2.75) is 46.4 Å². The first kappa shape index (κ1) is 9.92. The van der Waals surface area contributed by atoms with Gasteiger partial charge in [-0.1, -0.05) is 13.8 Å². The van der Waals surface area contributed by atoms with Crippen LogP contribution in [-0.4, -0.2) is 17.4 Å². The summed E-state index contributed by atoms with van der Waals surface area (Å²) in [7, 11) is 0. The lowest BCUT2D eigenvalue weighted by atomic mass is 10.1. The molecule has 0 spiro atoms. The predicted octanol–water partition coefficient (Wildman–Crippen LogP) is 1.35. The lowest BCUT2D eigenvalue weighted by Gasteiger charge is -2.20. The van der Waals surface area contributed by atoms with Crippen molar-refractivity contribution in [1.82, 2.24) is 5.32 Å². The minimum atomic E-state index is -0.343. The van der Waals surface area contributed by atoms with Crippen molar-refractivity contribution in [1.29, 1.82) is 0 Å². The summed E-state index contributed by atoms with van der Waals surface area (Å²) in [5.74, 6) is 0.349. The summed E-state index contributed by atoms with van der Waals surface area (Å²) < 4.78 is 0. The summed E-state index contributed by atoms with van der Waals surface area (Å²) in [6.45, 7) is 8.19. The first-order valence-corrected chi connectivity index (χ1v) is 4.02. The molecule has 0 aliphatic rings. The molecule has 0 rings (SSSR count). The maximum atomic E-state index is 9.38. The molecule has 0 amide bonds. The van der Waals surface area contributed by atoms with Gasteiger partial charge < -0.3 is 5.11 Å². The highest BCUT2D eigenvalue weighted by atomic mass is 16.3. The van der Waals surface area contributed by atoms with E-state index in [9.17, 15) is 5.11 Å². The monoisotopic (exact) mass is 145 g/mol. The zero-order valence-electron chi connectivity index (χ0n) is 7.39. The molecule has 62 valence electrons. The van der Waals surface area contributed by atoms with E-state index in [1.54, 1.807) is 0 Å². The van der Waals surface area contributed by atoms with Crippen molar-refractivity contribution in [2.75, 3.05) is 0 Å². The van der Waals surface area contributed by atoms with Crippen LogP contribution < -0.4 is 5.32 Å². The molecule has 0 saturated carbocycles. The minimum Gasteiger partial charge on any atom is -0.378 e. The molecule has 2 atom stereocenters. The Balaban J connectivity index is 3.50. The molecule has 2 N–H and O–H groups in total. The van der Waals surface area contributed by atoms with Crippen molar-refractivity contribution in [3.8, 4) is 0 Å². The first-order chi connectivity index (χ1) is 4.57. The van der Waals surface area contributed by atoms with Crippen molar-refractivity contribution >= 4 is 0 Å². The van der Waals surface area contributed by atoms with Gasteiger partial charge in [-0.25, -0.2) is 0 Å². The Kier molecular flexibility index (Phi) is 4.65. The fourth-order valence-electron chi connectivity index (χ4n) is 0.729. The number of aliphatic hydroxyl groups excluding tert-OH is 1. The molecule has 0 radical (unpaired) electrons. The van der Waals surface area contributed by atoms with Gasteiger partial charge in [-0.05, 0) is 26.2 Å². The van der Waals surface area contributed by atoms with E-state index >= 15 is 0 Å². The SMILES string of the molecule is CCC(C)C(O)NC(C)C. The zero-order valence-corrected chi connectivity index (χ0v) is 7.39. The van der Waals surface area contributed by atoms with E-state index in [-0.39, 0.29) is 6.23 Å². The third kappa shape index (κ3) is 3.85. The Morgan fingerprint density at radius 3 is 2.10 bits per heavy atom. The molecule has 2 unspecified atom stereocenters. The number of nitrogens with one attached hydrogen (secondary N) is 1. The summed E-state index contributed by atoms with van der Waals surface area (Å²) >= 11 is 0. The molecule has 0 aromatic heterocycles. The van der Waals surface area contributed by atoms with E-state index in [0.717, 1.165) is 6.42 Å². The van der Waals surface area contributed by atoms with E-state index in [0.29, 0.717) is 12.0 Å². The number of aliphatic hydroxyl groups is 1. The molecule has 0 bridgehead atoms. The normalized spacial score (nSPS) is 17.4. The Labute approximate surface area is 63.6 Å². The van der Waals surface area contributed by atoms with Gasteiger partial charge in [-0.3, -0.25) is 5.32 Å². The summed E-state index contributed by atoms with van der Waals surface area (Å²) in [6.07, 6.45) is 0.672. The quantitative estimate of drug-likeness (QED) is 0.585. The average Bonchev–Trinajstić information content (AvgIpc) is 1.85. The van der Waals surface area contributed by atoms with Crippen LogP contribution in [0.15, 0.2) is 0 Å². The van der Waals surface area contributed by atoms with Crippen LogP contribution in [0.3, 0.4) is 0 Å². The van der Waals surface area contributed by atoms with Crippen LogP contribution in [0, 0.1) is 5.92 Å². The van der Waals surface area contributed by atoms with Gasteiger partial charge in [0, 0.05) is 6.04 Å². The molecule has 2 nitrogen and oxygen atoms in total. The fraction of sp³-hybridized carbons (Fsp3) is 1.00. The molecule has 0 fully saturated rings. The van der Waals surface area contributed by atoms with Crippen LogP contribution >= 0.6 is 0 Å². The second-order valence-electron chi connectivity index (χ2n) is 3.15. The van der Waals surface area contributed by atoms with Crippen LogP contribution in [0.5, 0.6) is 0 Å². The van der Waals surface area contributed by atoms with E-state index in [4.69, 9.17) is 0 Å². The second kappa shape index (κ2) is 4.69. The molecule has 0 saturated heterocycles. The summed E-state index contributed by atoms with van der Waals surface area (Å²) in [4.78, 5) is 0. The van der Waals surface area contributed by atoms with Crippen LogP contribution in [0.2, 0.25) is 0 Å². The average molecular weight is 145 g/mol. The molecule has 0 aliphatic carbocycles. The largest absolute Gasteiger partial charge is 0.378 e. The van der Waals surface area contributed by atoms with Gasteiger partial charge in [0.2, 0.25) is 0 Å². The Bertz CT molecular complexity index is 83.3. The first-order valence-electron chi connectivity index (χ1n) is 4.02.